The first-order valence-corrected chi connectivity index (χ1v) is 6.64. The molecule has 114 valence electrons. The van der Waals surface area contributed by atoms with E-state index in [1.807, 2.05) is 0 Å². The minimum Gasteiger partial charge on any atom is -0.421 e. The van der Waals surface area contributed by atoms with E-state index in [2.05, 4.69) is 26.0 Å². The minimum atomic E-state index is -4.59. The van der Waals surface area contributed by atoms with Gasteiger partial charge in [0, 0.05) is 0 Å². The van der Waals surface area contributed by atoms with Gasteiger partial charge in [-0.15, -0.1) is 5.10 Å². The molecular weight excluding hydrogens is 358 g/mol. The van der Waals surface area contributed by atoms with E-state index < -0.39 is 23.3 Å². The van der Waals surface area contributed by atoms with Crippen molar-refractivity contribution in [1.82, 2.24) is 14.8 Å². The molecule has 0 bridgehead atoms. The summed E-state index contributed by atoms with van der Waals surface area (Å²) in [5.74, 6) is -1.48. The molecule has 2 rings (SSSR count). The number of benzene rings is 1. The Bertz CT molecular complexity index is 654. The Labute approximate surface area is 125 Å². The number of hydrogen-bond donors (Lipinski definition) is 0. The molecule has 2 aromatic rings. The summed E-state index contributed by atoms with van der Waals surface area (Å²) in [6.07, 6.45) is -4.59. The van der Waals surface area contributed by atoms with E-state index in [1.54, 1.807) is 13.8 Å². The third kappa shape index (κ3) is 3.52. The van der Waals surface area contributed by atoms with Gasteiger partial charge in [-0.05, 0) is 48.0 Å². The molecule has 0 aliphatic rings. The lowest BCUT2D eigenvalue weighted by Crippen LogP contribution is -2.08. The maximum absolute atomic E-state index is 13.6. The van der Waals surface area contributed by atoms with Crippen LogP contribution in [0.5, 0.6) is 11.8 Å². The summed E-state index contributed by atoms with van der Waals surface area (Å²) in [4.78, 5) is 3.86. The predicted octanol–water partition coefficient (Wildman–Crippen LogP) is 4.57. The maximum atomic E-state index is 13.6. The Balaban J connectivity index is 2.40. The van der Waals surface area contributed by atoms with E-state index in [0.29, 0.717) is 18.2 Å². The molecule has 0 N–H and O–H groups in total. The molecule has 0 radical (unpaired) electrons. The summed E-state index contributed by atoms with van der Waals surface area (Å²) in [5.41, 5.74) is -1.01. The summed E-state index contributed by atoms with van der Waals surface area (Å²) >= 11 is 3.03. The summed E-state index contributed by atoms with van der Waals surface area (Å²) in [6.45, 7) is 3.55. The fourth-order valence-electron chi connectivity index (χ4n) is 1.55. The van der Waals surface area contributed by atoms with Crippen molar-refractivity contribution < 1.29 is 22.3 Å². The van der Waals surface area contributed by atoms with E-state index >= 15 is 0 Å². The summed E-state index contributed by atoms with van der Waals surface area (Å²) in [7, 11) is 0. The predicted molar refractivity (Wildman–Crippen MR) is 69.6 cm³/mol. The molecule has 0 aliphatic carbocycles. The van der Waals surface area contributed by atoms with Crippen LogP contribution in [0.15, 0.2) is 22.9 Å². The van der Waals surface area contributed by atoms with Crippen molar-refractivity contribution in [3.8, 4) is 11.8 Å². The van der Waals surface area contributed by atoms with Gasteiger partial charge in [0.05, 0.1) is 11.6 Å². The molecule has 0 saturated carbocycles. The van der Waals surface area contributed by atoms with Crippen LogP contribution in [-0.4, -0.2) is 14.8 Å². The molecule has 1 heterocycles. The van der Waals surface area contributed by atoms with Crippen molar-refractivity contribution in [2.75, 3.05) is 0 Å². The number of aromatic nitrogens is 3. The Hall–Kier alpha value is -1.64. The zero-order valence-electron chi connectivity index (χ0n) is 10.9. The van der Waals surface area contributed by atoms with Gasteiger partial charge in [-0.1, -0.05) is 0 Å². The fraction of sp³-hybridized carbons (Fsp3) is 0.333. The molecule has 0 saturated heterocycles. The van der Waals surface area contributed by atoms with Crippen molar-refractivity contribution in [1.29, 1.82) is 0 Å². The van der Waals surface area contributed by atoms with Crippen molar-refractivity contribution in [2.24, 2.45) is 0 Å². The second kappa shape index (κ2) is 5.63. The van der Waals surface area contributed by atoms with Crippen LogP contribution in [0.25, 0.3) is 0 Å². The average molecular weight is 368 g/mol. The van der Waals surface area contributed by atoms with Gasteiger partial charge in [0.15, 0.2) is 11.6 Å². The van der Waals surface area contributed by atoms with Crippen molar-refractivity contribution >= 4 is 15.9 Å². The van der Waals surface area contributed by atoms with Crippen molar-refractivity contribution in [3.05, 3.63) is 34.3 Å². The van der Waals surface area contributed by atoms with Crippen LogP contribution in [0, 0.1) is 5.82 Å². The molecule has 21 heavy (non-hydrogen) atoms. The van der Waals surface area contributed by atoms with E-state index in [4.69, 9.17) is 4.74 Å². The molecule has 0 fully saturated rings. The quantitative estimate of drug-likeness (QED) is 0.746. The molecule has 0 amide bonds. The van der Waals surface area contributed by atoms with E-state index in [-0.39, 0.29) is 16.8 Å². The van der Waals surface area contributed by atoms with Gasteiger partial charge in [-0.25, -0.2) is 9.07 Å². The second-order valence-corrected chi connectivity index (χ2v) is 5.16. The van der Waals surface area contributed by atoms with Crippen LogP contribution >= 0.6 is 15.9 Å². The molecule has 0 atom stereocenters. The fourth-order valence-corrected chi connectivity index (χ4v) is 1.87. The van der Waals surface area contributed by atoms with Gasteiger partial charge in [0.2, 0.25) is 4.73 Å². The molecule has 1 aromatic heterocycles. The smallest absolute Gasteiger partial charge is 0.416 e. The highest BCUT2D eigenvalue weighted by molar-refractivity contribution is 9.10. The van der Waals surface area contributed by atoms with Crippen LogP contribution < -0.4 is 4.74 Å². The van der Waals surface area contributed by atoms with Crippen LogP contribution in [0.4, 0.5) is 17.6 Å². The van der Waals surface area contributed by atoms with Crippen LogP contribution in [0.2, 0.25) is 0 Å². The Morgan fingerprint density at radius 2 is 1.95 bits per heavy atom. The SMILES string of the molecule is CC(C)n1nc(Br)nc1Oc1cc(C(F)(F)F)ccc1F. The second-order valence-electron chi connectivity index (χ2n) is 4.45. The topological polar surface area (TPSA) is 39.9 Å². The first-order valence-electron chi connectivity index (χ1n) is 5.85. The average Bonchev–Trinajstić information content (AvgIpc) is 2.72. The van der Waals surface area contributed by atoms with Gasteiger partial charge in [-0.2, -0.15) is 18.2 Å². The van der Waals surface area contributed by atoms with E-state index in [9.17, 15) is 17.6 Å². The molecule has 9 heteroatoms. The van der Waals surface area contributed by atoms with Crippen molar-refractivity contribution in [2.45, 2.75) is 26.1 Å². The van der Waals surface area contributed by atoms with E-state index in [1.165, 1.54) is 4.68 Å². The summed E-state index contributed by atoms with van der Waals surface area (Å²) in [6, 6.07) is 1.67. The zero-order chi connectivity index (χ0) is 15.8. The van der Waals surface area contributed by atoms with Crippen molar-refractivity contribution in [3.63, 3.8) is 0 Å². The first-order chi connectivity index (χ1) is 9.68. The highest BCUT2D eigenvalue weighted by Crippen LogP contribution is 2.34. The third-order valence-corrected chi connectivity index (χ3v) is 2.86. The maximum Gasteiger partial charge on any atom is 0.416 e. The van der Waals surface area contributed by atoms with Gasteiger partial charge < -0.3 is 4.74 Å². The number of alkyl halides is 3. The number of rotatable bonds is 3. The lowest BCUT2D eigenvalue weighted by Gasteiger charge is -2.12. The largest absolute Gasteiger partial charge is 0.421 e. The number of nitrogens with zero attached hydrogens (tertiary/aromatic N) is 3. The molecule has 0 unspecified atom stereocenters. The van der Waals surface area contributed by atoms with Gasteiger partial charge in [0.1, 0.15) is 0 Å². The molecule has 0 aliphatic heterocycles. The molecule has 0 spiro atoms. The number of ether oxygens (including phenoxy) is 1. The highest BCUT2D eigenvalue weighted by atomic mass is 79.9. The van der Waals surface area contributed by atoms with Gasteiger partial charge in [-0.3, -0.25) is 0 Å². The lowest BCUT2D eigenvalue weighted by atomic mass is 10.2. The Kier molecular flexibility index (Phi) is 4.22. The van der Waals surface area contributed by atoms with Crippen LogP contribution in [-0.2, 0) is 6.18 Å². The number of halogens is 5. The monoisotopic (exact) mass is 367 g/mol. The molecule has 4 nitrogen and oxygen atoms in total. The highest BCUT2D eigenvalue weighted by Gasteiger charge is 2.31. The summed E-state index contributed by atoms with van der Waals surface area (Å²) in [5, 5.41) is 3.96. The Morgan fingerprint density at radius 3 is 2.52 bits per heavy atom. The lowest BCUT2D eigenvalue weighted by molar-refractivity contribution is -0.137. The molecule has 1 aromatic carbocycles. The number of hydrogen-bond acceptors (Lipinski definition) is 3. The Morgan fingerprint density at radius 1 is 1.29 bits per heavy atom. The molecular formula is C12H10BrF4N3O. The standard InChI is InChI=1S/C12H10BrF4N3O/c1-6(2)20-11(18-10(13)19-20)21-9-5-7(12(15,16)17)3-4-8(9)14/h3-6H,1-2H3. The zero-order valence-corrected chi connectivity index (χ0v) is 12.5. The minimum absolute atomic E-state index is 0.102. The normalized spacial score (nSPS) is 12.0. The first kappa shape index (κ1) is 15.7. The van der Waals surface area contributed by atoms with E-state index in [0.717, 1.165) is 0 Å². The van der Waals surface area contributed by atoms with Crippen LogP contribution in [0.1, 0.15) is 25.5 Å². The van der Waals surface area contributed by atoms with Gasteiger partial charge in [0.25, 0.3) is 0 Å². The van der Waals surface area contributed by atoms with Crippen LogP contribution in [0.3, 0.4) is 0 Å². The summed E-state index contributed by atoms with van der Waals surface area (Å²) < 4.78 is 58.2. The third-order valence-electron chi connectivity index (χ3n) is 2.52. The van der Waals surface area contributed by atoms with Gasteiger partial charge >= 0.3 is 12.2 Å².